The number of nitrogens with zero attached hydrogens (tertiary/aromatic N) is 1. The third kappa shape index (κ3) is 5.42. The number of aryl methyl sites for hydroxylation is 1. The van der Waals surface area contributed by atoms with Gasteiger partial charge in [-0.3, -0.25) is 0 Å². The van der Waals surface area contributed by atoms with Crippen LogP contribution < -0.4 is 10.6 Å². The number of rotatable bonds is 6. The minimum Gasteiger partial charge on any atom is -0.444 e. The second-order valence-corrected chi connectivity index (χ2v) is 6.83. The molecule has 5 heteroatoms. The van der Waals surface area contributed by atoms with Gasteiger partial charge in [0.25, 0.3) is 0 Å². The summed E-state index contributed by atoms with van der Waals surface area (Å²) < 4.78 is 7.43. The number of carbonyl (C=O) groups excluding carboxylic acids is 1. The van der Waals surface area contributed by atoms with E-state index in [1.54, 1.807) is 0 Å². The smallest absolute Gasteiger partial charge is 0.407 e. The van der Waals surface area contributed by atoms with Crippen molar-refractivity contribution in [1.29, 1.82) is 0 Å². The number of aromatic nitrogens is 1. The first-order valence-electron chi connectivity index (χ1n) is 7.65. The normalized spacial score (nSPS) is 16.6. The van der Waals surface area contributed by atoms with Crippen molar-refractivity contribution < 1.29 is 9.53 Å². The molecule has 1 amide bonds. The van der Waals surface area contributed by atoms with Gasteiger partial charge in [0.15, 0.2) is 0 Å². The molecule has 1 aliphatic rings. The highest BCUT2D eigenvalue weighted by atomic mass is 16.6. The Bertz CT molecular complexity index is 472. The number of alkyl carbamates (subject to hydrolysis) is 1. The molecule has 1 atom stereocenters. The lowest BCUT2D eigenvalue weighted by Gasteiger charge is -2.24. The Morgan fingerprint density at radius 1 is 1.48 bits per heavy atom. The number of hydrogen-bond donors (Lipinski definition) is 2. The van der Waals surface area contributed by atoms with Crippen molar-refractivity contribution in [1.82, 2.24) is 15.2 Å². The molecule has 5 nitrogen and oxygen atoms in total. The maximum absolute atomic E-state index is 11.9. The van der Waals surface area contributed by atoms with Gasteiger partial charge in [0.1, 0.15) is 5.60 Å². The third-order valence-electron chi connectivity index (χ3n) is 3.61. The van der Waals surface area contributed by atoms with Crippen LogP contribution in [0.2, 0.25) is 0 Å². The highest BCUT2D eigenvalue weighted by Crippen LogP contribution is 2.32. The van der Waals surface area contributed by atoms with Gasteiger partial charge in [-0.1, -0.05) is 0 Å². The summed E-state index contributed by atoms with van der Waals surface area (Å²) in [6, 6.07) is 4.29. The molecule has 0 bridgehead atoms. The molecule has 1 aliphatic carbocycles. The molecule has 0 spiro atoms. The Balaban J connectivity index is 1.77. The summed E-state index contributed by atoms with van der Waals surface area (Å²) in [7, 11) is 2.04. The van der Waals surface area contributed by atoms with Crippen LogP contribution in [-0.2, 0) is 18.3 Å². The van der Waals surface area contributed by atoms with Crippen LogP contribution in [-0.4, -0.2) is 28.8 Å². The van der Waals surface area contributed by atoms with E-state index < -0.39 is 5.60 Å². The van der Waals surface area contributed by atoms with Gasteiger partial charge in [0.2, 0.25) is 0 Å². The maximum atomic E-state index is 11.9. The molecular weight excluding hydrogens is 266 g/mol. The van der Waals surface area contributed by atoms with Crippen LogP contribution in [0.5, 0.6) is 0 Å². The van der Waals surface area contributed by atoms with Gasteiger partial charge in [0.05, 0.1) is 0 Å². The molecule has 0 saturated heterocycles. The first-order valence-corrected chi connectivity index (χ1v) is 7.65. The molecule has 1 unspecified atom stereocenters. The lowest BCUT2D eigenvalue weighted by atomic mass is 10.2. The van der Waals surface area contributed by atoms with Crippen LogP contribution in [0.25, 0.3) is 0 Å². The first-order chi connectivity index (χ1) is 9.85. The quantitative estimate of drug-likeness (QED) is 0.847. The molecule has 1 aromatic rings. The van der Waals surface area contributed by atoms with E-state index in [0.29, 0.717) is 5.92 Å². The zero-order chi connectivity index (χ0) is 15.5. The molecular formula is C16H27N3O2. The molecule has 21 heavy (non-hydrogen) atoms. The zero-order valence-corrected chi connectivity index (χ0v) is 13.5. The van der Waals surface area contributed by atoms with Crippen molar-refractivity contribution in [2.45, 2.75) is 51.8 Å². The van der Waals surface area contributed by atoms with Crippen molar-refractivity contribution in [3.63, 3.8) is 0 Å². The second kappa shape index (κ2) is 6.52. The number of ether oxygens (including phenoxy) is 1. The van der Waals surface area contributed by atoms with Crippen molar-refractivity contribution in [3.8, 4) is 0 Å². The topological polar surface area (TPSA) is 55.3 Å². The fourth-order valence-electron chi connectivity index (χ4n) is 2.33. The van der Waals surface area contributed by atoms with Crippen molar-refractivity contribution in [2.75, 3.05) is 6.54 Å². The molecule has 2 rings (SSSR count). The van der Waals surface area contributed by atoms with Crippen LogP contribution in [0.1, 0.15) is 39.3 Å². The Labute approximate surface area is 127 Å². The van der Waals surface area contributed by atoms with E-state index in [1.807, 2.05) is 40.1 Å². The fraction of sp³-hybridized carbons (Fsp3) is 0.688. The minimum atomic E-state index is -0.450. The van der Waals surface area contributed by atoms with Gasteiger partial charge in [-0.25, -0.2) is 4.79 Å². The monoisotopic (exact) mass is 293 g/mol. The summed E-state index contributed by atoms with van der Waals surface area (Å²) in [4.78, 5) is 11.9. The van der Waals surface area contributed by atoms with E-state index in [0.717, 1.165) is 13.1 Å². The largest absolute Gasteiger partial charge is 0.444 e. The van der Waals surface area contributed by atoms with Gasteiger partial charge in [-0.05, 0) is 51.7 Å². The summed E-state index contributed by atoms with van der Waals surface area (Å²) in [6.07, 6.45) is 4.09. The molecule has 118 valence electrons. The van der Waals surface area contributed by atoms with Crippen LogP contribution in [0.15, 0.2) is 18.3 Å². The Kier molecular flexibility index (Phi) is 4.93. The summed E-state index contributed by atoms with van der Waals surface area (Å²) in [6.45, 7) is 7.23. The first kappa shape index (κ1) is 15.9. The van der Waals surface area contributed by atoms with Gasteiger partial charge >= 0.3 is 6.09 Å². The van der Waals surface area contributed by atoms with Gasteiger partial charge in [-0.2, -0.15) is 0 Å². The molecule has 1 aromatic heterocycles. The SMILES string of the molecule is Cn1cccc1CNCC(NC(=O)OC(C)(C)C)C1CC1. The van der Waals surface area contributed by atoms with Gasteiger partial charge in [0, 0.05) is 38.1 Å². The van der Waals surface area contributed by atoms with Crippen molar-refractivity contribution in [3.05, 3.63) is 24.0 Å². The molecule has 2 N–H and O–H groups in total. The van der Waals surface area contributed by atoms with Crippen LogP contribution in [0.3, 0.4) is 0 Å². The minimum absolute atomic E-state index is 0.153. The second-order valence-electron chi connectivity index (χ2n) is 6.83. The standard InChI is InChI=1S/C16H27N3O2/c1-16(2,3)21-15(20)18-14(12-7-8-12)11-17-10-13-6-5-9-19(13)4/h5-6,9,12,14,17H,7-8,10-11H2,1-4H3,(H,18,20). The summed E-state index contributed by atoms with van der Waals surface area (Å²) >= 11 is 0. The summed E-state index contributed by atoms with van der Waals surface area (Å²) in [5.41, 5.74) is 0.788. The third-order valence-corrected chi connectivity index (χ3v) is 3.61. The average Bonchev–Trinajstić information content (AvgIpc) is 3.11. The Hall–Kier alpha value is -1.49. The van der Waals surface area contributed by atoms with Crippen molar-refractivity contribution in [2.24, 2.45) is 13.0 Å². The molecule has 1 fully saturated rings. The lowest BCUT2D eigenvalue weighted by Crippen LogP contribution is -2.45. The Morgan fingerprint density at radius 3 is 2.71 bits per heavy atom. The summed E-state index contributed by atoms with van der Waals surface area (Å²) in [5.74, 6) is 0.582. The fourth-order valence-corrected chi connectivity index (χ4v) is 2.33. The van der Waals surface area contributed by atoms with Crippen LogP contribution in [0.4, 0.5) is 4.79 Å². The molecule has 1 saturated carbocycles. The zero-order valence-electron chi connectivity index (χ0n) is 13.5. The van der Waals surface area contributed by atoms with Gasteiger partial charge < -0.3 is 19.9 Å². The lowest BCUT2D eigenvalue weighted by molar-refractivity contribution is 0.0497. The number of hydrogen-bond acceptors (Lipinski definition) is 3. The maximum Gasteiger partial charge on any atom is 0.407 e. The Morgan fingerprint density at radius 2 is 2.19 bits per heavy atom. The van der Waals surface area contributed by atoms with E-state index in [2.05, 4.69) is 21.3 Å². The molecule has 1 heterocycles. The van der Waals surface area contributed by atoms with Crippen molar-refractivity contribution >= 4 is 6.09 Å². The van der Waals surface area contributed by atoms with E-state index in [1.165, 1.54) is 18.5 Å². The van der Waals surface area contributed by atoms with E-state index in [9.17, 15) is 4.79 Å². The van der Waals surface area contributed by atoms with Gasteiger partial charge in [-0.15, -0.1) is 0 Å². The molecule has 0 radical (unpaired) electrons. The summed E-state index contributed by atoms with van der Waals surface area (Å²) in [5, 5.41) is 6.43. The highest BCUT2D eigenvalue weighted by molar-refractivity contribution is 5.68. The average molecular weight is 293 g/mol. The van der Waals surface area contributed by atoms with E-state index >= 15 is 0 Å². The van der Waals surface area contributed by atoms with E-state index in [4.69, 9.17) is 4.74 Å². The van der Waals surface area contributed by atoms with E-state index in [-0.39, 0.29) is 12.1 Å². The van der Waals surface area contributed by atoms with Crippen LogP contribution in [0, 0.1) is 5.92 Å². The van der Waals surface area contributed by atoms with Crippen LogP contribution >= 0.6 is 0 Å². The molecule has 0 aromatic carbocycles. The predicted octanol–water partition coefficient (Wildman–Crippen LogP) is 2.42. The predicted molar refractivity (Wildman–Crippen MR) is 83.0 cm³/mol. The number of amides is 1. The highest BCUT2D eigenvalue weighted by Gasteiger charge is 2.33. The number of carbonyl (C=O) groups is 1. The number of nitrogens with one attached hydrogen (secondary N) is 2. The molecule has 0 aliphatic heterocycles.